The van der Waals surface area contributed by atoms with E-state index in [-0.39, 0.29) is 10.7 Å². The fourth-order valence-electron chi connectivity index (χ4n) is 1.50. The molecule has 0 aliphatic heterocycles. The average molecular weight is 300 g/mol. The van der Waals surface area contributed by atoms with Gasteiger partial charge in [0, 0.05) is 0 Å². The van der Waals surface area contributed by atoms with Crippen LogP contribution in [0.1, 0.15) is 18.1 Å². The van der Waals surface area contributed by atoms with E-state index >= 15 is 0 Å². The van der Waals surface area contributed by atoms with Gasteiger partial charge in [0.05, 0.1) is 11.4 Å². The summed E-state index contributed by atoms with van der Waals surface area (Å²) in [5, 5.41) is 2.77. The van der Waals surface area contributed by atoms with Crippen LogP contribution in [0.25, 0.3) is 0 Å². The van der Waals surface area contributed by atoms with Gasteiger partial charge in [-0.3, -0.25) is 4.79 Å². The number of ether oxygens (including phenoxy) is 1. The molecule has 0 aromatic heterocycles. The Labute approximate surface area is 111 Å². The number of carbonyl (C=O) groups is 1. The smallest absolute Gasteiger partial charge is 0.233 e. The highest BCUT2D eigenvalue weighted by Gasteiger charge is 2.06. The summed E-state index contributed by atoms with van der Waals surface area (Å²) < 4.78 is 5.57. The predicted octanol–water partition coefficient (Wildman–Crippen LogP) is 2.58. The van der Waals surface area contributed by atoms with Crippen LogP contribution in [0.2, 0.25) is 0 Å². The largest absolute Gasteiger partial charge is 0.492 e. The van der Waals surface area contributed by atoms with Crippen LogP contribution in [0.3, 0.4) is 0 Å². The summed E-state index contributed by atoms with van der Waals surface area (Å²) in [7, 11) is 0. The van der Waals surface area contributed by atoms with Crippen molar-refractivity contribution in [3.05, 3.63) is 29.3 Å². The van der Waals surface area contributed by atoms with Crippen LogP contribution in [-0.2, 0) is 4.79 Å². The Morgan fingerprint density at radius 1 is 1.35 bits per heavy atom. The number of amides is 1. The highest BCUT2D eigenvalue weighted by Crippen LogP contribution is 2.15. The lowest BCUT2D eigenvalue weighted by molar-refractivity contribution is -0.120. The van der Waals surface area contributed by atoms with E-state index in [4.69, 9.17) is 4.74 Å². The second-order valence-electron chi connectivity index (χ2n) is 4.08. The summed E-state index contributed by atoms with van der Waals surface area (Å²) in [6.07, 6.45) is 0. The van der Waals surface area contributed by atoms with Crippen molar-refractivity contribution in [3.8, 4) is 5.75 Å². The van der Waals surface area contributed by atoms with Crippen molar-refractivity contribution in [1.29, 1.82) is 0 Å². The van der Waals surface area contributed by atoms with Gasteiger partial charge >= 0.3 is 0 Å². The summed E-state index contributed by atoms with van der Waals surface area (Å²) in [5.74, 6) is 0.831. The molecule has 0 aliphatic rings. The molecule has 0 saturated heterocycles. The van der Waals surface area contributed by atoms with Crippen LogP contribution in [0.5, 0.6) is 5.75 Å². The molecular formula is C13H18BrNO2. The summed E-state index contributed by atoms with van der Waals surface area (Å²) in [4.78, 5) is 11.1. The van der Waals surface area contributed by atoms with Crippen LogP contribution in [-0.4, -0.2) is 23.9 Å². The highest BCUT2D eigenvalue weighted by atomic mass is 79.9. The molecular weight excluding hydrogens is 282 g/mol. The monoisotopic (exact) mass is 299 g/mol. The van der Waals surface area contributed by atoms with Gasteiger partial charge < -0.3 is 10.1 Å². The van der Waals surface area contributed by atoms with Crippen molar-refractivity contribution in [3.63, 3.8) is 0 Å². The Kier molecular flexibility index (Phi) is 5.48. The molecule has 0 saturated carbocycles. The van der Waals surface area contributed by atoms with Gasteiger partial charge in [0.15, 0.2) is 0 Å². The second kappa shape index (κ2) is 6.64. The number of carbonyl (C=O) groups excluding carboxylic acids is 1. The first kappa shape index (κ1) is 14.0. The first-order valence-corrected chi connectivity index (χ1v) is 6.53. The van der Waals surface area contributed by atoms with Crippen molar-refractivity contribution in [2.24, 2.45) is 0 Å². The zero-order chi connectivity index (χ0) is 12.8. The van der Waals surface area contributed by atoms with Crippen LogP contribution < -0.4 is 10.1 Å². The van der Waals surface area contributed by atoms with Crippen molar-refractivity contribution in [2.45, 2.75) is 25.6 Å². The minimum absolute atomic E-state index is 0.0194. The SMILES string of the molecule is Cc1cc(C)cc(OCCNC(=O)C(C)Br)c1. The molecule has 4 heteroatoms. The zero-order valence-corrected chi connectivity index (χ0v) is 12.0. The fourth-order valence-corrected chi connectivity index (χ4v) is 1.66. The normalized spacial score (nSPS) is 12.0. The molecule has 1 unspecified atom stereocenters. The molecule has 17 heavy (non-hydrogen) atoms. The minimum atomic E-state index is -0.163. The van der Waals surface area contributed by atoms with Gasteiger partial charge in [-0.05, 0) is 44.0 Å². The quantitative estimate of drug-likeness (QED) is 0.670. The Hall–Kier alpha value is -1.03. The number of rotatable bonds is 5. The third-order valence-corrected chi connectivity index (χ3v) is 2.64. The maximum atomic E-state index is 11.2. The molecule has 0 radical (unpaired) electrons. The van der Waals surface area contributed by atoms with E-state index in [1.54, 1.807) is 6.92 Å². The van der Waals surface area contributed by atoms with Gasteiger partial charge in [0.25, 0.3) is 0 Å². The summed E-state index contributed by atoms with van der Waals surface area (Å²) in [6, 6.07) is 6.07. The number of nitrogens with one attached hydrogen (secondary N) is 1. The van der Waals surface area contributed by atoms with Crippen molar-refractivity contribution in [1.82, 2.24) is 5.32 Å². The van der Waals surface area contributed by atoms with Crippen LogP contribution in [0, 0.1) is 13.8 Å². The lowest BCUT2D eigenvalue weighted by Crippen LogP contribution is -2.32. The van der Waals surface area contributed by atoms with Gasteiger partial charge in [0.2, 0.25) is 5.91 Å². The molecule has 0 heterocycles. The van der Waals surface area contributed by atoms with E-state index in [1.165, 1.54) is 11.1 Å². The third kappa shape index (κ3) is 5.22. The maximum absolute atomic E-state index is 11.2. The van der Waals surface area contributed by atoms with E-state index < -0.39 is 0 Å². The molecule has 1 atom stereocenters. The summed E-state index contributed by atoms with van der Waals surface area (Å²) in [5.41, 5.74) is 2.36. The molecule has 1 aromatic rings. The molecule has 0 aliphatic carbocycles. The van der Waals surface area contributed by atoms with Gasteiger partial charge in [-0.15, -0.1) is 0 Å². The Morgan fingerprint density at radius 2 is 1.94 bits per heavy atom. The molecule has 0 fully saturated rings. The molecule has 1 rings (SSSR count). The molecule has 0 spiro atoms. The van der Waals surface area contributed by atoms with Crippen LogP contribution >= 0.6 is 15.9 Å². The molecule has 3 nitrogen and oxygen atoms in total. The van der Waals surface area contributed by atoms with E-state index in [0.717, 1.165) is 5.75 Å². The highest BCUT2D eigenvalue weighted by molar-refractivity contribution is 9.10. The number of halogens is 1. The van der Waals surface area contributed by atoms with Crippen molar-refractivity contribution < 1.29 is 9.53 Å². The minimum Gasteiger partial charge on any atom is -0.492 e. The Balaban J connectivity index is 2.33. The van der Waals surface area contributed by atoms with Crippen molar-refractivity contribution >= 4 is 21.8 Å². The van der Waals surface area contributed by atoms with Gasteiger partial charge in [-0.1, -0.05) is 22.0 Å². The molecule has 1 amide bonds. The third-order valence-electron chi connectivity index (χ3n) is 2.23. The lowest BCUT2D eigenvalue weighted by atomic mass is 10.1. The number of benzene rings is 1. The van der Waals surface area contributed by atoms with E-state index in [0.29, 0.717) is 13.2 Å². The van der Waals surface area contributed by atoms with Gasteiger partial charge in [-0.2, -0.15) is 0 Å². The van der Waals surface area contributed by atoms with E-state index in [9.17, 15) is 4.79 Å². The number of aryl methyl sites for hydroxylation is 2. The molecule has 0 bridgehead atoms. The number of alkyl halides is 1. The van der Waals surface area contributed by atoms with Crippen LogP contribution in [0.4, 0.5) is 0 Å². The first-order chi connectivity index (χ1) is 7.99. The summed E-state index contributed by atoms with van der Waals surface area (Å²) >= 11 is 3.20. The second-order valence-corrected chi connectivity index (χ2v) is 5.45. The molecule has 94 valence electrons. The van der Waals surface area contributed by atoms with E-state index in [2.05, 4.69) is 27.3 Å². The average Bonchev–Trinajstić information content (AvgIpc) is 2.22. The van der Waals surface area contributed by atoms with Crippen molar-refractivity contribution in [2.75, 3.05) is 13.2 Å². The first-order valence-electron chi connectivity index (χ1n) is 5.62. The lowest BCUT2D eigenvalue weighted by Gasteiger charge is -2.10. The maximum Gasteiger partial charge on any atom is 0.233 e. The topological polar surface area (TPSA) is 38.3 Å². The van der Waals surface area contributed by atoms with Gasteiger partial charge in [-0.25, -0.2) is 0 Å². The number of hydrogen-bond acceptors (Lipinski definition) is 2. The summed E-state index contributed by atoms with van der Waals surface area (Å²) in [6.45, 7) is 6.86. The standard InChI is InChI=1S/C13H18BrNO2/c1-9-6-10(2)8-12(7-9)17-5-4-15-13(16)11(3)14/h6-8,11H,4-5H2,1-3H3,(H,15,16). The predicted molar refractivity (Wildman–Crippen MR) is 72.8 cm³/mol. The Morgan fingerprint density at radius 3 is 2.47 bits per heavy atom. The molecule has 1 aromatic carbocycles. The van der Waals surface area contributed by atoms with Crippen LogP contribution in [0.15, 0.2) is 18.2 Å². The van der Waals surface area contributed by atoms with E-state index in [1.807, 2.05) is 26.0 Å². The number of hydrogen-bond donors (Lipinski definition) is 1. The molecule has 1 N–H and O–H groups in total. The zero-order valence-electron chi connectivity index (χ0n) is 10.4. The van der Waals surface area contributed by atoms with Gasteiger partial charge in [0.1, 0.15) is 12.4 Å². The Bertz CT molecular complexity index is 371. The fraction of sp³-hybridized carbons (Fsp3) is 0.462.